The zero-order valence-electron chi connectivity index (χ0n) is 6.71. The molecular weight excluding hydrogens is 192 g/mol. The van der Waals surface area contributed by atoms with Gasteiger partial charge in [-0.3, -0.25) is 4.79 Å². The molecule has 0 bridgehead atoms. The molecule has 1 rings (SSSR count). The molecule has 0 aliphatic heterocycles. The highest BCUT2D eigenvalue weighted by molar-refractivity contribution is 7.13. The molecule has 0 unspecified atom stereocenters. The van der Waals surface area contributed by atoms with Crippen LogP contribution in [0.2, 0.25) is 5.02 Å². The Bertz CT molecular complexity index is 301. The molecule has 0 N–H and O–H groups in total. The van der Waals surface area contributed by atoms with Gasteiger partial charge in [0.05, 0.1) is 9.90 Å². The van der Waals surface area contributed by atoms with E-state index in [0.29, 0.717) is 9.90 Å². The summed E-state index contributed by atoms with van der Waals surface area (Å²) in [6.07, 6.45) is 4.27. The first kappa shape index (κ1) is 9.49. The van der Waals surface area contributed by atoms with Gasteiger partial charge in [0.25, 0.3) is 0 Å². The van der Waals surface area contributed by atoms with Crippen LogP contribution in [0.3, 0.4) is 0 Å². The van der Waals surface area contributed by atoms with Crippen molar-refractivity contribution in [1.29, 1.82) is 0 Å². The fraction of sp³-hybridized carbons (Fsp3) is 0.222. The maximum absolute atomic E-state index is 11.3. The number of allylic oxidation sites excluding steroid dienone is 2. The van der Waals surface area contributed by atoms with Crippen molar-refractivity contribution in [3.05, 3.63) is 33.5 Å². The van der Waals surface area contributed by atoms with Gasteiger partial charge in [-0.25, -0.2) is 0 Å². The molecule has 0 amide bonds. The van der Waals surface area contributed by atoms with Crippen molar-refractivity contribution in [2.45, 2.75) is 13.3 Å². The van der Waals surface area contributed by atoms with E-state index >= 15 is 0 Å². The van der Waals surface area contributed by atoms with Gasteiger partial charge in [0.2, 0.25) is 0 Å². The van der Waals surface area contributed by atoms with Crippen LogP contribution in [0.5, 0.6) is 0 Å². The van der Waals surface area contributed by atoms with Crippen LogP contribution in [0.4, 0.5) is 0 Å². The van der Waals surface area contributed by atoms with Crippen molar-refractivity contribution in [2.75, 3.05) is 0 Å². The van der Waals surface area contributed by atoms with Gasteiger partial charge in [-0.1, -0.05) is 24.6 Å². The average Bonchev–Trinajstić information content (AvgIpc) is 2.47. The first-order valence-corrected chi connectivity index (χ1v) is 4.95. The van der Waals surface area contributed by atoms with Gasteiger partial charge in [-0.2, -0.15) is 0 Å². The van der Waals surface area contributed by atoms with Gasteiger partial charge >= 0.3 is 0 Å². The topological polar surface area (TPSA) is 17.1 Å². The van der Waals surface area contributed by atoms with Gasteiger partial charge < -0.3 is 0 Å². The molecule has 0 aliphatic carbocycles. The van der Waals surface area contributed by atoms with Crippen LogP contribution in [0.1, 0.15) is 23.0 Å². The summed E-state index contributed by atoms with van der Waals surface area (Å²) < 4.78 is 0. The number of ketones is 1. The molecule has 0 aromatic carbocycles. The van der Waals surface area contributed by atoms with Crippen molar-refractivity contribution in [3.63, 3.8) is 0 Å². The van der Waals surface area contributed by atoms with Gasteiger partial charge in [0, 0.05) is 0 Å². The summed E-state index contributed by atoms with van der Waals surface area (Å²) in [6, 6.07) is 1.74. The van der Waals surface area contributed by atoms with E-state index in [0.717, 1.165) is 6.42 Å². The Morgan fingerprint density at radius 2 is 2.50 bits per heavy atom. The van der Waals surface area contributed by atoms with E-state index in [1.807, 2.05) is 18.4 Å². The first-order valence-electron chi connectivity index (χ1n) is 3.69. The lowest BCUT2D eigenvalue weighted by molar-refractivity contribution is 0.105. The predicted molar refractivity (Wildman–Crippen MR) is 53.1 cm³/mol. The van der Waals surface area contributed by atoms with E-state index in [-0.39, 0.29) is 5.78 Å². The molecule has 0 fully saturated rings. The van der Waals surface area contributed by atoms with Crippen molar-refractivity contribution in [1.82, 2.24) is 0 Å². The van der Waals surface area contributed by atoms with E-state index in [1.54, 1.807) is 12.1 Å². The smallest absolute Gasteiger partial charge is 0.196 e. The minimum Gasteiger partial charge on any atom is -0.288 e. The Morgan fingerprint density at radius 1 is 1.75 bits per heavy atom. The molecule has 1 aromatic heterocycles. The Hall–Kier alpha value is -0.600. The molecule has 0 saturated heterocycles. The second-order valence-electron chi connectivity index (χ2n) is 2.27. The van der Waals surface area contributed by atoms with Crippen LogP contribution in [-0.4, -0.2) is 5.78 Å². The van der Waals surface area contributed by atoms with Gasteiger partial charge in [0.1, 0.15) is 0 Å². The lowest BCUT2D eigenvalue weighted by Crippen LogP contribution is -1.89. The molecule has 12 heavy (non-hydrogen) atoms. The highest BCUT2D eigenvalue weighted by Gasteiger charge is 2.07. The Labute approximate surface area is 80.7 Å². The molecule has 0 spiro atoms. The Kier molecular flexibility index (Phi) is 3.50. The third-order valence-electron chi connectivity index (χ3n) is 1.35. The Balaban J connectivity index is 2.78. The molecule has 64 valence electrons. The van der Waals surface area contributed by atoms with Crippen molar-refractivity contribution >= 4 is 28.7 Å². The number of halogens is 1. The summed E-state index contributed by atoms with van der Waals surface area (Å²) in [4.78, 5) is 12.0. The first-order chi connectivity index (χ1) is 5.75. The molecule has 0 atom stereocenters. The molecule has 1 heterocycles. The molecule has 3 heteroatoms. The van der Waals surface area contributed by atoms with Gasteiger partial charge in [0.15, 0.2) is 5.78 Å². The lowest BCUT2D eigenvalue weighted by atomic mass is 10.3. The van der Waals surface area contributed by atoms with E-state index in [4.69, 9.17) is 11.6 Å². The average molecular weight is 201 g/mol. The van der Waals surface area contributed by atoms with Crippen LogP contribution in [0.15, 0.2) is 23.6 Å². The second-order valence-corrected chi connectivity index (χ2v) is 3.60. The van der Waals surface area contributed by atoms with Gasteiger partial charge in [-0.05, 0) is 23.9 Å². The van der Waals surface area contributed by atoms with Crippen LogP contribution < -0.4 is 0 Å². The normalized spacial score (nSPS) is 10.8. The zero-order valence-corrected chi connectivity index (χ0v) is 8.28. The number of hydrogen-bond donors (Lipinski definition) is 0. The maximum Gasteiger partial charge on any atom is 0.196 e. The zero-order chi connectivity index (χ0) is 8.97. The van der Waals surface area contributed by atoms with Crippen molar-refractivity contribution < 1.29 is 4.79 Å². The minimum atomic E-state index is -0.00292. The SMILES string of the molecule is CC/C=C/C(=O)c1sccc1Cl. The fourth-order valence-electron chi connectivity index (χ4n) is 0.770. The molecule has 0 saturated carbocycles. The van der Waals surface area contributed by atoms with Crippen LogP contribution in [0, 0.1) is 0 Å². The molecule has 1 aromatic rings. The molecule has 1 nitrogen and oxygen atoms in total. The summed E-state index contributed by atoms with van der Waals surface area (Å²) >= 11 is 7.14. The largest absolute Gasteiger partial charge is 0.288 e. The van der Waals surface area contributed by atoms with Crippen LogP contribution >= 0.6 is 22.9 Å². The van der Waals surface area contributed by atoms with E-state index in [9.17, 15) is 4.79 Å². The second kappa shape index (κ2) is 4.43. The third-order valence-corrected chi connectivity index (χ3v) is 2.70. The number of hydrogen-bond acceptors (Lipinski definition) is 2. The minimum absolute atomic E-state index is 0.00292. The summed E-state index contributed by atoms with van der Waals surface area (Å²) in [5, 5.41) is 2.36. The molecule has 0 radical (unpaired) electrons. The van der Waals surface area contributed by atoms with Crippen molar-refractivity contribution in [2.24, 2.45) is 0 Å². The van der Waals surface area contributed by atoms with Crippen LogP contribution in [-0.2, 0) is 0 Å². The Morgan fingerprint density at radius 3 is 3.00 bits per heavy atom. The molecule has 0 aliphatic rings. The summed E-state index contributed by atoms with van der Waals surface area (Å²) in [5.74, 6) is -0.00292. The number of carbonyl (C=O) groups is 1. The predicted octanol–water partition coefficient (Wildman–Crippen LogP) is 3.55. The standard InChI is InChI=1S/C9H9ClOS/c1-2-3-4-8(11)9-7(10)5-6-12-9/h3-6H,2H2,1H3/b4-3+. The monoisotopic (exact) mass is 200 g/mol. The lowest BCUT2D eigenvalue weighted by Gasteiger charge is -1.89. The summed E-state index contributed by atoms with van der Waals surface area (Å²) in [5.41, 5.74) is 0. The summed E-state index contributed by atoms with van der Waals surface area (Å²) in [7, 11) is 0. The number of thiophene rings is 1. The quantitative estimate of drug-likeness (QED) is 0.539. The highest BCUT2D eigenvalue weighted by Crippen LogP contribution is 2.22. The molecular formula is C9H9ClOS. The highest BCUT2D eigenvalue weighted by atomic mass is 35.5. The fourth-order valence-corrected chi connectivity index (χ4v) is 1.84. The van der Waals surface area contributed by atoms with Gasteiger partial charge in [-0.15, -0.1) is 11.3 Å². The van der Waals surface area contributed by atoms with E-state index < -0.39 is 0 Å². The third kappa shape index (κ3) is 2.19. The van der Waals surface area contributed by atoms with Crippen LogP contribution in [0.25, 0.3) is 0 Å². The summed E-state index contributed by atoms with van der Waals surface area (Å²) in [6.45, 7) is 1.99. The number of rotatable bonds is 3. The van der Waals surface area contributed by atoms with E-state index in [1.165, 1.54) is 11.3 Å². The number of carbonyl (C=O) groups excluding carboxylic acids is 1. The van der Waals surface area contributed by atoms with Crippen molar-refractivity contribution in [3.8, 4) is 0 Å². The maximum atomic E-state index is 11.3. The van der Waals surface area contributed by atoms with E-state index in [2.05, 4.69) is 0 Å².